The summed E-state index contributed by atoms with van der Waals surface area (Å²) >= 11 is 0. The SMILES string of the molecule is COc1ccc2c3c(cccc13)C(=O)N(c1ccc(-c3c4ccccc4c(-c4ccc(N5C(=O)c6cccc7c(OC)ccc(c67)C5=O)cc4)c4ccccc34)cc1)C2=O.COc1ccc2c3c(cccc13)C(=O)N(c1ccc(-c3ccc(-c4ccc(N5C(=O)c6cccc7c(OC)ccc(c67)C5=O)cc4)cc3)cc1)C2=O. The molecule has 16 nitrogen and oxygen atoms in total. The molecule has 20 rings (SSSR count). The van der Waals surface area contributed by atoms with E-state index in [-0.39, 0.29) is 47.3 Å². The normalized spacial score (nSPS) is 13.6. The number of amides is 8. The highest BCUT2D eigenvalue weighted by atomic mass is 16.5. The molecule has 0 bridgehead atoms. The van der Waals surface area contributed by atoms with Crippen molar-refractivity contribution in [1.82, 2.24) is 0 Å². The predicted octanol–water partition coefficient (Wildman–Crippen LogP) is 20.2. The fraction of sp³-hybridized carbons (Fsp3) is 0.0417. The Hall–Kier alpha value is -15.2. The number of nitrogens with zero attached hydrogens (tertiary/aromatic N) is 4. The van der Waals surface area contributed by atoms with Gasteiger partial charge in [0.25, 0.3) is 47.3 Å². The maximum Gasteiger partial charge on any atom is 0.265 e. The molecule has 0 spiro atoms. The van der Waals surface area contributed by atoms with E-state index in [1.807, 2.05) is 146 Å². The van der Waals surface area contributed by atoms with E-state index >= 15 is 0 Å². The molecular weight excluding hydrogens is 1400 g/mol. The Balaban J connectivity index is 0.000000152. The second kappa shape index (κ2) is 26.4. The van der Waals surface area contributed by atoms with Gasteiger partial charge in [0, 0.05) is 87.6 Å². The summed E-state index contributed by atoms with van der Waals surface area (Å²) in [5, 5.41) is 9.40. The Morgan fingerprint density at radius 2 is 0.357 bits per heavy atom. The molecule has 0 unspecified atom stereocenters. The zero-order chi connectivity index (χ0) is 76.5. The number of fused-ring (bicyclic) bond motifs is 2. The fourth-order valence-corrected chi connectivity index (χ4v) is 16.7. The van der Waals surface area contributed by atoms with Gasteiger partial charge >= 0.3 is 0 Å². The summed E-state index contributed by atoms with van der Waals surface area (Å²) in [5.41, 5.74) is 13.2. The van der Waals surface area contributed by atoms with Gasteiger partial charge in [-0.25, -0.2) is 19.6 Å². The zero-order valence-electron chi connectivity index (χ0n) is 60.4. The van der Waals surface area contributed by atoms with Crippen LogP contribution in [0.15, 0.2) is 291 Å². The third-order valence-electron chi connectivity index (χ3n) is 21.9. The lowest BCUT2D eigenvalue weighted by molar-refractivity contribution is 0.0877. The minimum absolute atomic E-state index is 0.378. The van der Waals surface area contributed by atoms with Crippen molar-refractivity contribution < 1.29 is 57.3 Å². The quantitative estimate of drug-likeness (QED) is 0.0833. The second-order valence-electron chi connectivity index (χ2n) is 27.6. The summed E-state index contributed by atoms with van der Waals surface area (Å²) in [6.45, 7) is 0. The summed E-state index contributed by atoms with van der Waals surface area (Å²) in [6.07, 6.45) is 0. The Morgan fingerprint density at radius 1 is 0.179 bits per heavy atom. The standard InChI is InChI=1S/C52H32N2O6.C44H28N2O6/c1-59-43-27-25-41-47-37(43)13-7-15-39(47)49(55)53(51(41)57)31-21-17-29(18-22-31)45-33-9-3-5-11-35(33)46(36-12-6-4-10-34(36)45)30-19-23-32(24-20-30)54-50(56)40-16-8-14-38-44(60-2)28-26-42(48(38)40)52(54)58;1-51-37-23-21-35-39-31(37)5-3-7-33(39)41(47)45(43(35)49)29-17-13-27(14-18-29)25-9-11-26(12-10-25)28-15-19-30(20-16-28)46-42(48)34-8-4-6-32-38(52-2)24-22-36(40(32)34)44(46)50/h3-28H,1-2H3;3-24H,1-2H3. The highest BCUT2D eigenvalue weighted by molar-refractivity contribution is 6.40. The van der Waals surface area contributed by atoms with Crippen LogP contribution in [0.4, 0.5) is 22.7 Å². The van der Waals surface area contributed by atoms with Crippen molar-refractivity contribution in [3.63, 3.8) is 0 Å². The maximum absolute atomic E-state index is 14.0. The highest BCUT2D eigenvalue weighted by Crippen LogP contribution is 2.48. The first-order valence-electron chi connectivity index (χ1n) is 36.1. The molecule has 16 aromatic rings. The molecule has 4 aliphatic rings. The van der Waals surface area contributed by atoms with Crippen LogP contribution in [0, 0.1) is 0 Å². The number of rotatable bonds is 12. The van der Waals surface area contributed by atoms with Crippen molar-refractivity contribution in [2.24, 2.45) is 0 Å². The van der Waals surface area contributed by atoms with Crippen LogP contribution in [-0.4, -0.2) is 75.7 Å². The van der Waals surface area contributed by atoms with Crippen LogP contribution in [0.5, 0.6) is 23.0 Å². The largest absolute Gasteiger partial charge is 0.496 e. The summed E-state index contributed by atoms with van der Waals surface area (Å²) < 4.78 is 22.0. The van der Waals surface area contributed by atoms with Gasteiger partial charge in [-0.1, -0.05) is 170 Å². The molecule has 0 aliphatic carbocycles. The molecule has 16 heteroatoms. The van der Waals surface area contributed by atoms with Gasteiger partial charge in [-0.3, -0.25) is 38.4 Å². The molecule has 0 saturated heterocycles. The molecule has 0 fully saturated rings. The number of carbonyl (C=O) groups is 8. The smallest absolute Gasteiger partial charge is 0.265 e. The van der Waals surface area contributed by atoms with Crippen molar-refractivity contribution in [2.45, 2.75) is 0 Å². The van der Waals surface area contributed by atoms with E-state index in [0.29, 0.717) is 112 Å². The highest BCUT2D eigenvalue weighted by Gasteiger charge is 2.40. The summed E-state index contributed by atoms with van der Waals surface area (Å²) in [4.78, 5) is 115. The third kappa shape index (κ3) is 10.3. The first kappa shape index (κ1) is 67.4. The molecule has 16 aromatic carbocycles. The molecule has 0 N–H and O–H groups in total. The van der Waals surface area contributed by atoms with Gasteiger partial charge in [0.05, 0.1) is 51.2 Å². The van der Waals surface area contributed by atoms with Crippen LogP contribution in [0.1, 0.15) is 82.9 Å². The second-order valence-corrected chi connectivity index (χ2v) is 27.6. The fourth-order valence-electron chi connectivity index (χ4n) is 16.7. The van der Waals surface area contributed by atoms with Crippen LogP contribution in [0.2, 0.25) is 0 Å². The van der Waals surface area contributed by atoms with Gasteiger partial charge in [0.1, 0.15) is 23.0 Å². The molecule has 0 radical (unpaired) electrons. The minimum Gasteiger partial charge on any atom is -0.496 e. The molecular formula is C96H60N4O12. The molecule has 0 atom stereocenters. The Bertz CT molecular complexity index is 6300. The molecule has 536 valence electrons. The number of anilines is 4. The van der Waals surface area contributed by atoms with E-state index < -0.39 is 0 Å². The van der Waals surface area contributed by atoms with Crippen molar-refractivity contribution in [3.05, 3.63) is 336 Å². The van der Waals surface area contributed by atoms with Gasteiger partial charge < -0.3 is 18.9 Å². The average molecular weight is 1460 g/mol. The minimum atomic E-state index is -0.387. The van der Waals surface area contributed by atoms with Crippen LogP contribution in [0.25, 0.3) is 109 Å². The topological polar surface area (TPSA) is 186 Å². The number of hydrogen-bond donors (Lipinski definition) is 0. The van der Waals surface area contributed by atoms with Crippen LogP contribution in [0.3, 0.4) is 0 Å². The van der Waals surface area contributed by atoms with Gasteiger partial charge in [-0.05, 0) is 187 Å². The van der Waals surface area contributed by atoms with E-state index in [1.165, 1.54) is 19.6 Å². The number of carbonyl (C=O) groups excluding carboxylic acids is 8. The average Bonchev–Trinajstić information content (AvgIpc) is 0.746. The van der Waals surface area contributed by atoms with E-state index in [4.69, 9.17) is 18.9 Å². The Morgan fingerprint density at radius 3 is 0.562 bits per heavy atom. The molecule has 0 aromatic heterocycles. The lowest BCUT2D eigenvalue weighted by Crippen LogP contribution is -2.40. The van der Waals surface area contributed by atoms with Gasteiger partial charge in [0.15, 0.2) is 0 Å². The van der Waals surface area contributed by atoms with Crippen molar-refractivity contribution >= 4 is 135 Å². The molecule has 4 heterocycles. The van der Waals surface area contributed by atoms with Crippen molar-refractivity contribution in [3.8, 4) is 67.5 Å². The Kier molecular flexibility index (Phi) is 15.9. The van der Waals surface area contributed by atoms with Gasteiger partial charge in [-0.2, -0.15) is 0 Å². The predicted molar refractivity (Wildman–Crippen MR) is 436 cm³/mol. The lowest BCUT2D eigenvalue weighted by atomic mass is 9.86. The number of ether oxygens (including phenoxy) is 4. The Labute approximate surface area is 639 Å². The van der Waals surface area contributed by atoms with E-state index in [0.717, 1.165) is 87.6 Å². The molecule has 112 heavy (non-hydrogen) atoms. The summed E-state index contributed by atoms with van der Waals surface area (Å²) in [5.74, 6) is -0.630. The van der Waals surface area contributed by atoms with Crippen LogP contribution < -0.4 is 38.5 Å². The molecule has 8 amide bonds. The van der Waals surface area contributed by atoms with Crippen LogP contribution in [-0.2, 0) is 0 Å². The van der Waals surface area contributed by atoms with Crippen molar-refractivity contribution in [2.75, 3.05) is 48.0 Å². The third-order valence-corrected chi connectivity index (χ3v) is 21.9. The number of imide groups is 4. The first-order chi connectivity index (χ1) is 54.7. The number of hydrogen-bond acceptors (Lipinski definition) is 12. The monoisotopic (exact) mass is 1460 g/mol. The van der Waals surface area contributed by atoms with Crippen LogP contribution >= 0.6 is 0 Å². The lowest BCUT2D eigenvalue weighted by Gasteiger charge is -2.28. The maximum atomic E-state index is 14.0. The van der Waals surface area contributed by atoms with Gasteiger partial charge in [0.2, 0.25) is 0 Å². The summed E-state index contributed by atoms with van der Waals surface area (Å²) in [7, 11) is 6.28. The summed E-state index contributed by atoms with van der Waals surface area (Å²) in [6, 6.07) is 89.8. The van der Waals surface area contributed by atoms with E-state index in [2.05, 4.69) is 24.3 Å². The molecule has 0 saturated carbocycles. The van der Waals surface area contributed by atoms with E-state index in [9.17, 15) is 38.4 Å². The number of benzene rings is 16. The van der Waals surface area contributed by atoms with Gasteiger partial charge in [-0.15, -0.1) is 0 Å². The van der Waals surface area contributed by atoms with E-state index in [1.54, 1.807) is 150 Å². The molecule has 4 aliphatic heterocycles. The number of methoxy groups -OCH3 is 4. The first-order valence-corrected chi connectivity index (χ1v) is 36.1. The zero-order valence-corrected chi connectivity index (χ0v) is 60.4. The van der Waals surface area contributed by atoms with Crippen molar-refractivity contribution in [1.29, 1.82) is 0 Å².